The molecule has 0 aliphatic rings. The van der Waals surface area contributed by atoms with Crippen LogP contribution in [0.5, 0.6) is 5.75 Å². The van der Waals surface area contributed by atoms with Crippen LogP contribution < -0.4 is 4.74 Å². The van der Waals surface area contributed by atoms with Crippen molar-refractivity contribution in [2.45, 2.75) is 6.61 Å². The number of carbonyl (C=O) groups is 1. The molecule has 6 heteroatoms. The van der Waals surface area contributed by atoms with Crippen molar-refractivity contribution in [1.82, 2.24) is 4.98 Å². The highest BCUT2D eigenvalue weighted by atomic mass is 35.5. The first-order valence-corrected chi connectivity index (χ1v) is 5.65. The van der Waals surface area contributed by atoms with Crippen LogP contribution in [0.4, 0.5) is 8.78 Å². The summed E-state index contributed by atoms with van der Waals surface area (Å²) in [5.74, 6) is -0.426. The minimum atomic E-state index is -2.93. The number of alkyl halides is 2. The Morgan fingerprint density at radius 2 is 2.11 bits per heavy atom. The monoisotopic (exact) mass is 283 g/mol. The molecule has 0 aliphatic heterocycles. The smallest absolute Gasteiger partial charge is 0.387 e. The third-order valence-electron chi connectivity index (χ3n) is 2.33. The average molecular weight is 284 g/mol. The molecule has 0 spiro atoms. The Morgan fingerprint density at radius 3 is 2.68 bits per heavy atom. The maximum absolute atomic E-state index is 12.1. The quantitative estimate of drug-likeness (QED) is 0.805. The van der Waals surface area contributed by atoms with E-state index in [0.29, 0.717) is 5.56 Å². The van der Waals surface area contributed by atoms with Gasteiger partial charge in [-0.05, 0) is 30.3 Å². The van der Waals surface area contributed by atoms with Crippen LogP contribution in [-0.4, -0.2) is 17.4 Å². The Hall–Kier alpha value is -2.01. The highest BCUT2D eigenvalue weighted by molar-refractivity contribution is 6.35. The van der Waals surface area contributed by atoms with Gasteiger partial charge in [0.2, 0.25) is 0 Å². The average Bonchev–Trinajstić information content (AvgIpc) is 2.38. The maximum Gasteiger partial charge on any atom is 0.387 e. The van der Waals surface area contributed by atoms with E-state index in [4.69, 9.17) is 11.6 Å². The summed E-state index contributed by atoms with van der Waals surface area (Å²) < 4.78 is 28.3. The van der Waals surface area contributed by atoms with Crippen molar-refractivity contribution >= 4 is 17.4 Å². The SMILES string of the molecule is O=C(c1cccnc1)c1ccc(OC(F)F)cc1Cl. The Kier molecular flexibility index (Phi) is 4.06. The third-order valence-corrected chi connectivity index (χ3v) is 2.65. The fourth-order valence-corrected chi connectivity index (χ4v) is 1.77. The predicted octanol–water partition coefficient (Wildman–Crippen LogP) is 3.57. The number of carbonyl (C=O) groups excluding carboxylic acids is 1. The molecule has 2 rings (SSSR count). The van der Waals surface area contributed by atoms with Crippen LogP contribution in [-0.2, 0) is 0 Å². The third kappa shape index (κ3) is 3.26. The molecule has 3 nitrogen and oxygen atoms in total. The summed E-state index contributed by atoms with van der Waals surface area (Å²) in [4.78, 5) is 15.9. The number of hydrogen-bond acceptors (Lipinski definition) is 3. The highest BCUT2D eigenvalue weighted by Gasteiger charge is 2.14. The number of pyridine rings is 1. The van der Waals surface area contributed by atoms with Crippen LogP contribution in [0.1, 0.15) is 15.9 Å². The van der Waals surface area contributed by atoms with Crippen molar-refractivity contribution in [2.75, 3.05) is 0 Å². The van der Waals surface area contributed by atoms with E-state index in [1.165, 1.54) is 30.6 Å². The number of hydrogen-bond donors (Lipinski definition) is 0. The second kappa shape index (κ2) is 5.75. The second-order valence-corrected chi connectivity index (χ2v) is 4.00. The van der Waals surface area contributed by atoms with Crippen molar-refractivity contribution in [3.8, 4) is 5.75 Å². The van der Waals surface area contributed by atoms with Gasteiger partial charge in [0.15, 0.2) is 5.78 Å². The van der Waals surface area contributed by atoms with E-state index in [9.17, 15) is 13.6 Å². The van der Waals surface area contributed by atoms with Gasteiger partial charge in [-0.1, -0.05) is 11.6 Å². The molecule has 0 aliphatic carbocycles. The van der Waals surface area contributed by atoms with Gasteiger partial charge in [0, 0.05) is 23.5 Å². The normalized spacial score (nSPS) is 10.5. The zero-order chi connectivity index (χ0) is 13.8. The highest BCUT2D eigenvalue weighted by Crippen LogP contribution is 2.25. The minimum Gasteiger partial charge on any atom is -0.435 e. The van der Waals surface area contributed by atoms with Gasteiger partial charge in [0.25, 0.3) is 0 Å². The largest absolute Gasteiger partial charge is 0.435 e. The van der Waals surface area contributed by atoms with Crippen LogP contribution in [0, 0.1) is 0 Å². The van der Waals surface area contributed by atoms with Gasteiger partial charge in [-0.3, -0.25) is 9.78 Å². The number of ether oxygens (including phenoxy) is 1. The number of nitrogens with zero attached hydrogens (tertiary/aromatic N) is 1. The summed E-state index contributed by atoms with van der Waals surface area (Å²) in [7, 11) is 0. The van der Waals surface area contributed by atoms with Crippen LogP contribution >= 0.6 is 11.6 Å². The van der Waals surface area contributed by atoms with Crippen molar-refractivity contribution in [2.24, 2.45) is 0 Å². The number of rotatable bonds is 4. The molecule has 1 aromatic carbocycles. The van der Waals surface area contributed by atoms with E-state index in [2.05, 4.69) is 9.72 Å². The summed E-state index contributed by atoms with van der Waals surface area (Å²) in [6, 6.07) is 7.00. The van der Waals surface area contributed by atoms with E-state index in [-0.39, 0.29) is 22.1 Å². The Labute approximate surface area is 112 Å². The van der Waals surface area contributed by atoms with Crippen molar-refractivity contribution in [3.05, 3.63) is 58.9 Å². The summed E-state index contributed by atoms with van der Waals surface area (Å²) in [6.07, 6.45) is 2.94. The van der Waals surface area contributed by atoms with Gasteiger partial charge in [-0.15, -0.1) is 0 Å². The molecule has 0 N–H and O–H groups in total. The van der Waals surface area contributed by atoms with Crippen LogP contribution in [0.2, 0.25) is 5.02 Å². The molecule has 0 radical (unpaired) electrons. The first-order valence-electron chi connectivity index (χ1n) is 5.27. The summed E-state index contributed by atoms with van der Waals surface area (Å²) in [5.41, 5.74) is 0.572. The fraction of sp³-hybridized carbons (Fsp3) is 0.0769. The second-order valence-electron chi connectivity index (χ2n) is 3.59. The molecule has 2 aromatic rings. The van der Waals surface area contributed by atoms with Gasteiger partial charge < -0.3 is 4.74 Å². The van der Waals surface area contributed by atoms with E-state index in [0.717, 1.165) is 0 Å². The summed E-state index contributed by atoms with van der Waals surface area (Å²) >= 11 is 5.89. The molecule has 0 saturated heterocycles. The number of aromatic nitrogens is 1. The molecule has 0 unspecified atom stereocenters. The molecule has 1 heterocycles. The van der Waals surface area contributed by atoms with Crippen molar-refractivity contribution in [1.29, 1.82) is 0 Å². The lowest BCUT2D eigenvalue weighted by Gasteiger charge is -2.07. The molecule has 19 heavy (non-hydrogen) atoms. The molecule has 0 atom stereocenters. The van der Waals surface area contributed by atoms with Crippen molar-refractivity contribution < 1.29 is 18.3 Å². The molecule has 98 valence electrons. The Morgan fingerprint density at radius 1 is 1.32 bits per heavy atom. The molecule has 0 amide bonds. The number of ketones is 1. The molecule has 0 fully saturated rings. The van der Waals surface area contributed by atoms with E-state index >= 15 is 0 Å². The predicted molar refractivity (Wildman–Crippen MR) is 65.8 cm³/mol. The van der Waals surface area contributed by atoms with Gasteiger partial charge >= 0.3 is 6.61 Å². The minimum absolute atomic E-state index is 0.0482. The topological polar surface area (TPSA) is 39.2 Å². The Balaban J connectivity index is 2.29. The van der Waals surface area contributed by atoms with Crippen LogP contribution in [0.15, 0.2) is 42.7 Å². The van der Waals surface area contributed by atoms with Gasteiger partial charge in [-0.2, -0.15) is 8.78 Å². The lowest BCUT2D eigenvalue weighted by Crippen LogP contribution is -2.05. The zero-order valence-corrected chi connectivity index (χ0v) is 10.3. The first kappa shape index (κ1) is 13.4. The van der Waals surface area contributed by atoms with Gasteiger partial charge in [0.1, 0.15) is 5.75 Å². The van der Waals surface area contributed by atoms with Crippen LogP contribution in [0.3, 0.4) is 0 Å². The van der Waals surface area contributed by atoms with E-state index in [1.807, 2.05) is 0 Å². The first-order chi connectivity index (χ1) is 9.08. The van der Waals surface area contributed by atoms with Crippen LogP contribution in [0.25, 0.3) is 0 Å². The maximum atomic E-state index is 12.1. The summed E-state index contributed by atoms with van der Waals surface area (Å²) in [6.45, 7) is -2.93. The standard InChI is InChI=1S/C13H8ClF2NO2/c14-11-6-9(19-13(15)16)3-4-10(11)12(18)8-2-1-5-17-7-8/h1-7,13H. The molecule has 1 aromatic heterocycles. The molecule has 0 bridgehead atoms. The van der Waals surface area contributed by atoms with E-state index < -0.39 is 6.61 Å². The van der Waals surface area contributed by atoms with E-state index in [1.54, 1.807) is 12.1 Å². The fourth-order valence-electron chi connectivity index (χ4n) is 1.51. The summed E-state index contributed by atoms with van der Waals surface area (Å²) in [5, 5.41) is 0.0482. The lowest BCUT2D eigenvalue weighted by atomic mass is 10.1. The molecular formula is C13H8ClF2NO2. The van der Waals surface area contributed by atoms with Gasteiger partial charge in [-0.25, -0.2) is 0 Å². The van der Waals surface area contributed by atoms with Crippen molar-refractivity contribution in [3.63, 3.8) is 0 Å². The molecular weight excluding hydrogens is 276 g/mol. The lowest BCUT2D eigenvalue weighted by molar-refractivity contribution is -0.0498. The molecule has 0 saturated carbocycles. The number of benzene rings is 1. The number of halogens is 3. The zero-order valence-electron chi connectivity index (χ0n) is 9.52. The Bertz CT molecular complexity index is 590. The van der Waals surface area contributed by atoms with Gasteiger partial charge in [0.05, 0.1) is 5.02 Å².